The molecular formula is C14H13NO4. The van der Waals surface area contributed by atoms with Gasteiger partial charge in [-0.25, -0.2) is 0 Å². The number of nitro groups is 1. The van der Waals surface area contributed by atoms with E-state index in [9.17, 15) is 10.1 Å². The summed E-state index contributed by atoms with van der Waals surface area (Å²) in [4.78, 5) is 10.4. The molecule has 0 saturated carbocycles. The first kappa shape index (κ1) is 13.0. The van der Waals surface area contributed by atoms with Crippen LogP contribution in [0.25, 0.3) is 0 Å². The predicted octanol–water partition coefficient (Wildman–Crippen LogP) is 2.67. The maximum absolute atomic E-state index is 10.9. The monoisotopic (exact) mass is 259 g/mol. The lowest BCUT2D eigenvalue weighted by molar-refractivity contribution is -0.385. The minimum atomic E-state index is -0.428. The van der Waals surface area contributed by atoms with Crippen molar-refractivity contribution >= 4 is 5.69 Å². The van der Waals surface area contributed by atoms with Crippen LogP contribution in [-0.4, -0.2) is 10.0 Å². The van der Waals surface area contributed by atoms with E-state index >= 15 is 0 Å². The molecule has 0 bridgehead atoms. The Balaban J connectivity index is 2.12. The zero-order valence-corrected chi connectivity index (χ0v) is 10.2. The van der Waals surface area contributed by atoms with Gasteiger partial charge in [0.05, 0.1) is 17.1 Å². The number of hydrogen-bond acceptors (Lipinski definition) is 4. The third-order valence-corrected chi connectivity index (χ3v) is 2.66. The minimum Gasteiger partial charge on any atom is -0.489 e. The maximum atomic E-state index is 10.9. The van der Waals surface area contributed by atoms with Gasteiger partial charge in [0.1, 0.15) is 12.4 Å². The highest BCUT2D eigenvalue weighted by Crippen LogP contribution is 2.21. The van der Waals surface area contributed by atoms with Crippen molar-refractivity contribution in [3.05, 3.63) is 69.8 Å². The highest BCUT2D eigenvalue weighted by atomic mass is 16.6. The van der Waals surface area contributed by atoms with Crippen LogP contribution < -0.4 is 4.74 Å². The van der Waals surface area contributed by atoms with Gasteiger partial charge in [0.25, 0.3) is 5.69 Å². The number of hydrogen-bond donors (Lipinski definition) is 1. The van der Waals surface area contributed by atoms with Crippen molar-refractivity contribution in [2.45, 2.75) is 13.2 Å². The molecular weight excluding hydrogens is 246 g/mol. The number of benzene rings is 2. The number of rotatable bonds is 5. The molecule has 2 rings (SSSR count). The van der Waals surface area contributed by atoms with Crippen LogP contribution in [0.4, 0.5) is 5.69 Å². The highest BCUT2D eigenvalue weighted by Gasteiger charge is 2.12. The fourth-order valence-corrected chi connectivity index (χ4v) is 1.71. The van der Waals surface area contributed by atoms with E-state index in [4.69, 9.17) is 9.84 Å². The number of ether oxygens (including phenoxy) is 1. The summed E-state index contributed by atoms with van der Waals surface area (Å²) in [5.41, 5.74) is 1.29. The lowest BCUT2D eigenvalue weighted by atomic mass is 10.2. The van der Waals surface area contributed by atoms with Crippen LogP contribution in [-0.2, 0) is 13.2 Å². The van der Waals surface area contributed by atoms with E-state index in [-0.39, 0.29) is 18.9 Å². The average molecular weight is 259 g/mol. The highest BCUT2D eigenvalue weighted by molar-refractivity contribution is 5.39. The number of para-hydroxylation sites is 1. The fourth-order valence-electron chi connectivity index (χ4n) is 1.71. The van der Waals surface area contributed by atoms with Gasteiger partial charge in [-0.1, -0.05) is 24.3 Å². The van der Waals surface area contributed by atoms with E-state index in [0.29, 0.717) is 11.3 Å². The molecule has 98 valence electrons. The van der Waals surface area contributed by atoms with Crippen molar-refractivity contribution in [1.29, 1.82) is 0 Å². The molecule has 5 nitrogen and oxygen atoms in total. The van der Waals surface area contributed by atoms with Crippen LogP contribution >= 0.6 is 0 Å². The Labute approximate surface area is 110 Å². The van der Waals surface area contributed by atoms with Gasteiger partial charge in [-0.3, -0.25) is 10.1 Å². The van der Waals surface area contributed by atoms with Gasteiger partial charge in [-0.05, 0) is 23.8 Å². The summed E-state index contributed by atoms with van der Waals surface area (Å²) >= 11 is 0. The van der Waals surface area contributed by atoms with Gasteiger partial charge in [0, 0.05) is 6.07 Å². The zero-order valence-electron chi connectivity index (χ0n) is 10.2. The fraction of sp³-hybridized carbons (Fsp3) is 0.143. The summed E-state index contributed by atoms with van der Waals surface area (Å²) in [6.45, 7) is 0.0503. The van der Waals surface area contributed by atoms with Crippen LogP contribution in [0.3, 0.4) is 0 Å². The van der Waals surface area contributed by atoms with Crippen molar-refractivity contribution in [2.24, 2.45) is 0 Å². The third-order valence-electron chi connectivity index (χ3n) is 2.66. The molecule has 1 N–H and O–H groups in total. The quantitative estimate of drug-likeness (QED) is 0.661. The molecule has 0 aromatic heterocycles. The summed E-state index contributed by atoms with van der Waals surface area (Å²) in [6.07, 6.45) is 0. The Kier molecular flexibility index (Phi) is 4.10. The normalized spacial score (nSPS) is 10.2. The molecule has 0 aliphatic heterocycles. The Morgan fingerprint density at radius 2 is 1.95 bits per heavy atom. The average Bonchev–Trinajstić information content (AvgIpc) is 2.45. The number of nitro benzene ring substituents is 1. The Bertz CT molecular complexity index is 583. The van der Waals surface area contributed by atoms with Gasteiger partial charge in [-0.15, -0.1) is 0 Å². The second-order valence-electron chi connectivity index (χ2n) is 3.98. The molecule has 2 aromatic carbocycles. The summed E-state index contributed by atoms with van der Waals surface area (Å²) in [6, 6.07) is 13.4. The topological polar surface area (TPSA) is 72.6 Å². The lowest BCUT2D eigenvalue weighted by Gasteiger charge is -2.07. The van der Waals surface area contributed by atoms with E-state index in [1.165, 1.54) is 6.07 Å². The summed E-state index contributed by atoms with van der Waals surface area (Å²) < 4.78 is 5.51. The molecule has 0 amide bonds. The second-order valence-corrected chi connectivity index (χ2v) is 3.98. The van der Waals surface area contributed by atoms with E-state index in [2.05, 4.69) is 0 Å². The molecule has 0 heterocycles. The molecule has 5 heteroatoms. The number of aliphatic hydroxyl groups is 1. The summed E-state index contributed by atoms with van der Waals surface area (Å²) in [7, 11) is 0. The van der Waals surface area contributed by atoms with Crippen molar-refractivity contribution in [3.8, 4) is 5.75 Å². The zero-order chi connectivity index (χ0) is 13.7. The van der Waals surface area contributed by atoms with Gasteiger partial charge < -0.3 is 9.84 Å². The standard InChI is InChI=1S/C14H13NO4/c16-9-11-4-3-6-13(8-11)19-10-12-5-1-2-7-14(12)15(17)18/h1-8,16H,9-10H2. The minimum absolute atomic E-state index is 0.0424. The van der Waals surface area contributed by atoms with Gasteiger partial charge >= 0.3 is 0 Å². The van der Waals surface area contributed by atoms with E-state index < -0.39 is 4.92 Å². The van der Waals surface area contributed by atoms with Gasteiger partial charge in [0.2, 0.25) is 0 Å². The molecule has 0 unspecified atom stereocenters. The SMILES string of the molecule is O=[N+]([O-])c1ccccc1COc1cccc(CO)c1. The molecule has 0 radical (unpaired) electrons. The number of nitrogens with zero attached hydrogens (tertiary/aromatic N) is 1. The smallest absolute Gasteiger partial charge is 0.276 e. The van der Waals surface area contributed by atoms with Crippen molar-refractivity contribution in [3.63, 3.8) is 0 Å². The van der Waals surface area contributed by atoms with Crippen LogP contribution in [0.1, 0.15) is 11.1 Å². The summed E-state index contributed by atoms with van der Waals surface area (Å²) in [5.74, 6) is 0.574. The van der Waals surface area contributed by atoms with Crippen LogP contribution in [0.5, 0.6) is 5.75 Å². The first-order valence-electron chi connectivity index (χ1n) is 5.75. The largest absolute Gasteiger partial charge is 0.489 e. The molecule has 0 saturated heterocycles. The van der Waals surface area contributed by atoms with Crippen LogP contribution in [0.15, 0.2) is 48.5 Å². The van der Waals surface area contributed by atoms with Crippen LogP contribution in [0, 0.1) is 10.1 Å². The van der Waals surface area contributed by atoms with Gasteiger partial charge in [0.15, 0.2) is 0 Å². The predicted molar refractivity (Wildman–Crippen MR) is 69.8 cm³/mol. The molecule has 0 atom stereocenters. The molecule has 0 fully saturated rings. The molecule has 0 spiro atoms. The Morgan fingerprint density at radius 3 is 2.68 bits per heavy atom. The summed E-state index contributed by atoms with van der Waals surface area (Å²) in [5, 5.41) is 19.9. The van der Waals surface area contributed by atoms with E-state index in [0.717, 1.165) is 5.56 Å². The lowest BCUT2D eigenvalue weighted by Crippen LogP contribution is -2.00. The van der Waals surface area contributed by atoms with Crippen molar-refractivity contribution in [1.82, 2.24) is 0 Å². The van der Waals surface area contributed by atoms with Gasteiger partial charge in [-0.2, -0.15) is 0 Å². The maximum Gasteiger partial charge on any atom is 0.276 e. The van der Waals surface area contributed by atoms with Crippen LogP contribution in [0.2, 0.25) is 0 Å². The second kappa shape index (κ2) is 5.97. The Hall–Kier alpha value is -2.40. The molecule has 0 aliphatic rings. The first-order chi connectivity index (χ1) is 9.20. The Morgan fingerprint density at radius 1 is 1.16 bits per heavy atom. The number of aliphatic hydroxyl groups excluding tert-OH is 1. The van der Waals surface area contributed by atoms with Crippen molar-refractivity contribution in [2.75, 3.05) is 0 Å². The molecule has 0 aliphatic carbocycles. The van der Waals surface area contributed by atoms with E-state index in [1.807, 2.05) is 0 Å². The third kappa shape index (κ3) is 3.29. The molecule has 19 heavy (non-hydrogen) atoms. The van der Waals surface area contributed by atoms with E-state index in [1.54, 1.807) is 42.5 Å². The van der Waals surface area contributed by atoms with Crippen molar-refractivity contribution < 1.29 is 14.8 Å². The molecule has 2 aromatic rings. The first-order valence-corrected chi connectivity index (χ1v) is 5.75.